The quantitative estimate of drug-likeness (QED) is 0.663. The standard InChI is InChI=1S/C9H10FNO2/c1-9(2)6(3-5(10)4-11)7(9)8(12)13/h3,6-7H,1-2H3,(H,12,13)/b5-3-. The third kappa shape index (κ3) is 1.55. The van der Waals surface area contributed by atoms with Gasteiger partial charge in [0.25, 0.3) is 0 Å². The number of hydrogen-bond acceptors (Lipinski definition) is 2. The Bertz CT molecular complexity index is 314. The van der Waals surface area contributed by atoms with E-state index in [0.29, 0.717) is 0 Å². The summed E-state index contributed by atoms with van der Waals surface area (Å²) in [5.41, 5.74) is -0.431. The number of nitriles is 1. The number of rotatable bonds is 2. The van der Waals surface area contributed by atoms with Crippen LogP contribution in [0.5, 0.6) is 0 Å². The van der Waals surface area contributed by atoms with E-state index in [2.05, 4.69) is 0 Å². The highest BCUT2D eigenvalue weighted by Crippen LogP contribution is 2.59. The Kier molecular flexibility index (Phi) is 2.12. The van der Waals surface area contributed by atoms with Crippen LogP contribution in [-0.4, -0.2) is 11.1 Å². The normalized spacial score (nSPS) is 30.8. The van der Waals surface area contributed by atoms with Crippen molar-refractivity contribution in [2.24, 2.45) is 17.3 Å². The number of allylic oxidation sites excluding steroid dienone is 2. The van der Waals surface area contributed by atoms with E-state index in [0.717, 1.165) is 6.08 Å². The molecule has 0 bridgehead atoms. The van der Waals surface area contributed by atoms with Crippen LogP contribution in [0.3, 0.4) is 0 Å². The fourth-order valence-electron chi connectivity index (χ4n) is 1.66. The van der Waals surface area contributed by atoms with Crippen LogP contribution in [0.1, 0.15) is 13.8 Å². The summed E-state index contributed by atoms with van der Waals surface area (Å²) in [6, 6.07) is 1.34. The summed E-state index contributed by atoms with van der Waals surface area (Å²) < 4.78 is 12.5. The van der Waals surface area contributed by atoms with Crippen molar-refractivity contribution in [3.63, 3.8) is 0 Å². The number of nitrogens with zero attached hydrogens (tertiary/aromatic N) is 1. The van der Waals surface area contributed by atoms with E-state index in [1.54, 1.807) is 13.8 Å². The summed E-state index contributed by atoms with van der Waals surface area (Å²) in [5.74, 6) is -2.75. The highest BCUT2D eigenvalue weighted by Gasteiger charge is 2.61. The smallest absolute Gasteiger partial charge is 0.307 e. The first-order chi connectivity index (χ1) is 5.91. The molecule has 2 unspecified atom stereocenters. The Labute approximate surface area is 75.5 Å². The molecule has 0 aliphatic heterocycles. The summed E-state index contributed by atoms with van der Waals surface area (Å²) in [5, 5.41) is 16.9. The average Bonchev–Trinajstić information content (AvgIpc) is 2.53. The molecule has 2 atom stereocenters. The van der Waals surface area contributed by atoms with Crippen molar-refractivity contribution in [3.8, 4) is 6.07 Å². The van der Waals surface area contributed by atoms with E-state index in [1.807, 2.05) is 0 Å². The van der Waals surface area contributed by atoms with Gasteiger partial charge < -0.3 is 5.11 Å². The van der Waals surface area contributed by atoms with E-state index in [1.165, 1.54) is 6.07 Å². The number of carboxylic acid groups (broad SMARTS) is 1. The Hall–Kier alpha value is -1.37. The zero-order valence-corrected chi connectivity index (χ0v) is 7.41. The second kappa shape index (κ2) is 2.84. The molecule has 1 saturated carbocycles. The Morgan fingerprint density at radius 1 is 1.69 bits per heavy atom. The van der Waals surface area contributed by atoms with Gasteiger partial charge >= 0.3 is 5.97 Å². The van der Waals surface area contributed by atoms with E-state index in [4.69, 9.17) is 10.4 Å². The van der Waals surface area contributed by atoms with E-state index < -0.39 is 23.1 Å². The molecule has 1 aliphatic carbocycles. The highest BCUT2D eigenvalue weighted by atomic mass is 19.1. The van der Waals surface area contributed by atoms with Gasteiger partial charge in [-0.2, -0.15) is 9.65 Å². The van der Waals surface area contributed by atoms with Gasteiger partial charge in [-0.05, 0) is 11.5 Å². The van der Waals surface area contributed by atoms with E-state index in [9.17, 15) is 9.18 Å². The number of carboxylic acids is 1. The first kappa shape index (κ1) is 9.72. The number of carbonyl (C=O) groups is 1. The van der Waals surface area contributed by atoms with Gasteiger partial charge in [0.1, 0.15) is 6.07 Å². The minimum absolute atomic E-state index is 0.357. The second-order valence-corrected chi connectivity index (χ2v) is 3.79. The van der Waals surface area contributed by atoms with Crippen LogP contribution in [-0.2, 0) is 4.79 Å². The van der Waals surface area contributed by atoms with Crippen LogP contribution < -0.4 is 0 Å². The van der Waals surface area contributed by atoms with Crippen molar-refractivity contribution in [1.29, 1.82) is 5.26 Å². The lowest BCUT2D eigenvalue weighted by Crippen LogP contribution is -2.02. The molecule has 1 rings (SSSR count). The fraction of sp³-hybridized carbons (Fsp3) is 0.556. The molecule has 0 amide bonds. The molecule has 4 heteroatoms. The van der Waals surface area contributed by atoms with Crippen molar-refractivity contribution >= 4 is 5.97 Å². The molecule has 1 fully saturated rings. The summed E-state index contributed by atoms with van der Waals surface area (Å²) in [4.78, 5) is 10.6. The Balaban J connectivity index is 2.79. The molecule has 0 radical (unpaired) electrons. The summed E-state index contributed by atoms with van der Waals surface area (Å²) >= 11 is 0. The molecule has 1 N–H and O–H groups in total. The van der Waals surface area contributed by atoms with Crippen molar-refractivity contribution in [2.75, 3.05) is 0 Å². The topological polar surface area (TPSA) is 61.1 Å². The van der Waals surface area contributed by atoms with Gasteiger partial charge in [-0.1, -0.05) is 13.8 Å². The SMILES string of the molecule is CC1(C)C(/C=C(\F)C#N)C1C(=O)O. The van der Waals surface area contributed by atoms with E-state index in [-0.39, 0.29) is 5.92 Å². The lowest BCUT2D eigenvalue weighted by atomic mass is 10.1. The number of halogens is 1. The van der Waals surface area contributed by atoms with Gasteiger partial charge in [-0.3, -0.25) is 4.79 Å². The van der Waals surface area contributed by atoms with Crippen LogP contribution in [0, 0.1) is 28.6 Å². The second-order valence-electron chi connectivity index (χ2n) is 3.79. The highest BCUT2D eigenvalue weighted by molar-refractivity contribution is 5.76. The number of hydrogen-bond donors (Lipinski definition) is 1. The fourth-order valence-corrected chi connectivity index (χ4v) is 1.66. The minimum Gasteiger partial charge on any atom is -0.481 e. The van der Waals surface area contributed by atoms with Crippen LogP contribution in [0.15, 0.2) is 11.9 Å². The van der Waals surface area contributed by atoms with Crippen LogP contribution >= 0.6 is 0 Å². The lowest BCUT2D eigenvalue weighted by molar-refractivity contribution is -0.139. The third-order valence-electron chi connectivity index (χ3n) is 2.61. The molecule has 3 nitrogen and oxygen atoms in total. The predicted molar refractivity (Wildman–Crippen MR) is 43.2 cm³/mol. The molecule has 0 saturated heterocycles. The maximum atomic E-state index is 12.5. The van der Waals surface area contributed by atoms with Gasteiger partial charge in [-0.25, -0.2) is 0 Å². The Morgan fingerprint density at radius 2 is 2.23 bits per heavy atom. The van der Waals surface area contributed by atoms with Crippen LogP contribution in [0.2, 0.25) is 0 Å². The minimum atomic E-state index is -0.933. The molecule has 0 spiro atoms. The van der Waals surface area contributed by atoms with Gasteiger partial charge in [-0.15, -0.1) is 0 Å². The first-order valence-electron chi connectivity index (χ1n) is 3.91. The summed E-state index contributed by atoms with van der Waals surface area (Å²) in [6.45, 7) is 3.50. The van der Waals surface area contributed by atoms with E-state index >= 15 is 0 Å². The first-order valence-corrected chi connectivity index (χ1v) is 3.91. The molecular weight excluding hydrogens is 173 g/mol. The monoisotopic (exact) mass is 183 g/mol. The maximum absolute atomic E-state index is 12.5. The molecule has 70 valence electrons. The largest absolute Gasteiger partial charge is 0.481 e. The molecule has 0 aromatic carbocycles. The zero-order chi connectivity index (χ0) is 10.2. The molecular formula is C9H10FNO2. The molecule has 0 heterocycles. The maximum Gasteiger partial charge on any atom is 0.307 e. The van der Waals surface area contributed by atoms with Crippen molar-refractivity contribution in [1.82, 2.24) is 0 Å². The van der Waals surface area contributed by atoms with Crippen LogP contribution in [0.4, 0.5) is 4.39 Å². The van der Waals surface area contributed by atoms with Gasteiger partial charge in [0.15, 0.2) is 5.83 Å². The molecule has 13 heavy (non-hydrogen) atoms. The molecule has 0 aromatic rings. The average molecular weight is 183 g/mol. The predicted octanol–water partition coefficient (Wildman–Crippen LogP) is 1.72. The van der Waals surface area contributed by atoms with Crippen LogP contribution in [0.25, 0.3) is 0 Å². The summed E-state index contributed by atoms with van der Waals surface area (Å²) in [7, 11) is 0. The van der Waals surface area contributed by atoms with Gasteiger partial charge in [0.2, 0.25) is 0 Å². The van der Waals surface area contributed by atoms with Crippen molar-refractivity contribution in [3.05, 3.63) is 11.9 Å². The third-order valence-corrected chi connectivity index (χ3v) is 2.61. The number of aliphatic carboxylic acids is 1. The summed E-state index contributed by atoms with van der Waals surface area (Å²) in [6.07, 6.45) is 1.10. The van der Waals surface area contributed by atoms with Crippen molar-refractivity contribution < 1.29 is 14.3 Å². The Morgan fingerprint density at radius 3 is 2.54 bits per heavy atom. The zero-order valence-electron chi connectivity index (χ0n) is 7.41. The van der Waals surface area contributed by atoms with Gasteiger partial charge in [0, 0.05) is 5.92 Å². The van der Waals surface area contributed by atoms with Crippen molar-refractivity contribution in [2.45, 2.75) is 13.8 Å². The lowest BCUT2D eigenvalue weighted by Gasteiger charge is -1.95. The molecule has 1 aliphatic rings. The van der Waals surface area contributed by atoms with Gasteiger partial charge in [0.05, 0.1) is 5.92 Å². The molecule has 0 aromatic heterocycles.